The zero-order valence-corrected chi connectivity index (χ0v) is 22.2. The molecule has 0 aliphatic rings. The number of carbonyl (C=O) groups is 2. The summed E-state index contributed by atoms with van der Waals surface area (Å²) < 4.78 is 11.9. The smallest absolute Gasteiger partial charge is 0.255 e. The number of anilines is 2. The fraction of sp³-hybridized carbons (Fsp3) is 0.0588. The topological polar surface area (TPSA) is 76.7 Å². The van der Waals surface area contributed by atoms with Crippen molar-refractivity contribution in [3.63, 3.8) is 0 Å². The Morgan fingerprint density at radius 2 is 0.700 bits per heavy atom. The molecule has 0 aromatic heterocycles. The van der Waals surface area contributed by atoms with Crippen LogP contribution in [0.15, 0.2) is 121 Å². The van der Waals surface area contributed by atoms with E-state index in [-0.39, 0.29) is 11.8 Å². The molecule has 0 saturated carbocycles. The first kappa shape index (κ1) is 26.3. The highest BCUT2D eigenvalue weighted by atomic mass is 16.5. The van der Waals surface area contributed by atoms with Gasteiger partial charge in [-0.2, -0.15) is 0 Å². The highest BCUT2D eigenvalue weighted by Crippen LogP contribution is 2.28. The van der Waals surface area contributed by atoms with Crippen molar-refractivity contribution >= 4 is 23.2 Å². The molecule has 0 heterocycles. The maximum absolute atomic E-state index is 12.4. The van der Waals surface area contributed by atoms with E-state index >= 15 is 0 Å². The molecule has 0 aliphatic heterocycles. The van der Waals surface area contributed by atoms with Crippen LogP contribution >= 0.6 is 0 Å². The largest absolute Gasteiger partial charge is 0.457 e. The van der Waals surface area contributed by atoms with Gasteiger partial charge in [0.1, 0.15) is 23.0 Å². The zero-order chi connectivity index (χ0) is 27.9. The van der Waals surface area contributed by atoms with Crippen LogP contribution in [0.3, 0.4) is 0 Å². The van der Waals surface area contributed by atoms with Gasteiger partial charge in [0.05, 0.1) is 0 Å². The fourth-order valence-electron chi connectivity index (χ4n) is 3.88. The fourth-order valence-corrected chi connectivity index (χ4v) is 3.88. The van der Waals surface area contributed by atoms with E-state index in [1.807, 2.05) is 62.4 Å². The van der Waals surface area contributed by atoms with Crippen LogP contribution in [0.2, 0.25) is 0 Å². The molecule has 0 radical (unpaired) electrons. The van der Waals surface area contributed by atoms with Crippen LogP contribution < -0.4 is 20.1 Å². The minimum atomic E-state index is -0.161. The Balaban J connectivity index is 1.12. The van der Waals surface area contributed by atoms with E-state index in [0.717, 1.165) is 11.1 Å². The summed E-state index contributed by atoms with van der Waals surface area (Å²) in [7, 11) is 0. The number of aryl methyl sites for hydroxylation is 2. The average molecular weight is 529 g/mol. The third kappa shape index (κ3) is 6.94. The van der Waals surface area contributed by atoms with Crippen LogP contribution in [-0.2, 0) is 0 Å². The molecule has 0 bridgehead atoms. The van der Waals surface area contributed by atoms with Crippen LogP contribution in [-0.4, -0.2) is 11.8 Å². The van der Waals surface area contributed by atoms with E-state index in [2.05, 4.69) is 10.6 Å². The second-order valence-corrected chi connectivity index (χ2v) is 9.36. The van der Waals surface area contributed by atoms with Gasteiger partial charge in [0, 0.05) is 22.5 Å². The molecule has 5 rings (SSSR count). The van der Waals surface area contributed by atoms with Crippen molar-refractivity contribution in [2.45, 2.75) is 13.8 Å². The number of amides is 2. The first-order valence-corrected chi connectivity index (χ1v) is 12.8. The second-order valence-electron chi connectivity index (χ2n) is 9.36. The van der Waals surface area contributed by atoms with Crippen LogP contribution in [0.1, 0.15) is 31.8 Å². The number of hydrogen-bond acceptors (Lipinski definition) is 4. The first-order valence-electron chi connectivity index (χ1n) is 12.8. The van der Waals surface area contributed by atoms with Crippen molar-refractivity contribution in [2.24, 2.45) is 0 Å². The normalized spacial score (nSPS) is 10.4. The number of hydrogen-bond donors (Lipinski definition) is 2. The predicted octanol–water partition coefficient (Wildman–Crippen LogP) is 8.39. The van der Waals surface area contributed by atoms with Crippen molar-refractivity contribution in [1.82, 2.24) is 0 Å². The van der Waals surface area contributed by atoms with Gasteiger partial charge in [0.15, 0.2) is 0 Å². The Morgan fingerprint density at radius 1 is 0.425 bits per heavy atom. The summed E-state index contributed by atoms with van der Waals surface area (Å²) in [5, 5.41) is 5.78. The first-order chi connectivity index (χ1) is 19.4. The molecule has 0 spiro atoms. The van der Waals surface area contributed by atoms with E-state index in [1.165, 1.54) is 0 Å². The summed E-state index contributed by atoms with van der Waals surface area (Å²) >= 11 is 0. The number of ether oxygens (including phenoxy) is 2. The Bertz CT molecular complexity index is 1470. The molecule has 0 fully saturated rings. The SMILES string of the molecule is Cc1ccc(C(=O)Nc2ccc(Oc3ccc(Oc4ccc(NC(=O)c5ccc(C)cc5)cc4)cc3)cc2)cc1. The van der Waals surface area contributed by atoms with Crippen molar-refractivity contribution in [3.8, 4) is 23.0 Å². The molecule has 6 heteroatoms. The molecule has 40 heavy (non-hydrogen) atoms. The summed E-state index contributed by atoms with van der Waals surface area (Å²) in [4.78, 5) is 24.8. The molecule has 0 saturated heterocycles. The summed E-state index contributed by atoms with van der Waals surface area (Å²) in [6.07, 6.45) is 0. The standard InChI is InChI=1S/C34H28N2O4/c1-23-3-7-25(8-4-23)33(37)35-27-11-15-29(16-12-27)39-31-19-21-32(22-20-31)40-30-17-13-28(14-18-30)36-34(38)26-9-5-24(2)6-10-26/h3-22H,1-2H3,(H,35,37)(H,36,38). The molecule has 5 aromatic rings. The highest BCUT2D eigenvalue weighted by molar-refractivity contribution is 6.04. The van der Waals surface area contributed by atoms with E-state index in [9.17, 15) is 9.59 Å². The van der Waals surface area contributed by atoms with E-state index in [1.54, 1.807) is 72.8 Å². The van der Waals surface area contributed by atoms with Crippen molar-refractivity contribution < 1.29 is 19.1 Å². The summed E-state index contributed by atoms with van der Waals surface area (Å²) in [6, 6.07) is 36.5. The minimum Gasteiger partial charge on any atom is -0.457 e. The van der Waals surface area contributed by atoms with Crippen LogP contribution in [0.4, 0.5) is 11.4 Å². The molecule has 2 amide bonds. The highest BCUT2D eigenvalue weighted by Gasteiger charge is 2.08. The molecule has 6 nitrogen and oxygen atoms in total. The van der Waals surface area contributed by atoms with Gasteiger partial charge in [-0.25, -0.2) is 0 Å². The van der Waals surface area contributed by atoms with Gasteiger partial charge in [-0.3, -0.25) is 9.59 Å². The molecule has 5 aromatic carbocycles. The molecular weight excluding hydrogens is 500 g/mol. The van der Waals surface area contributed by atoms with Gasteiger partial charge in [-0.1, -0.05) is 35.4 Å². The van der Waals surface area contributed by atoms with Gasteiger partial charge >= 0.3 is 0 Å². The van der Waals surface area contributed by atoms with E-state index in [0.29, 0.717) is 45.5 Å². The summed E-state index contributed by atoms with van der Waals surface area (Å²) in [5.41, 5.74) is 4.79. The van der Waals surface area contributed by atoms with E-state index < -0.39 is 0 Å². The van der Waals surface area contributed by atoms with Gasteiger partial charge < -0.3 is 20.1 Å². The molecule has 2 N–H and O–H groups in total. The maximum atomic E-state index is 12.4. The number of nitrogens with one attached hydrogen (secondary N) is 2. The van der Waals surface area contributed by atoms with Crippen molar-refractivity contribution in [2.75, 3.05) is 10.6 Å². The van der Waals surface area contributed by atoms with Gasteiger partial charge in [0.25, 0.3) is 11.8 Å². The van der Waals surface area contributed by atoms with E-state index in [4.69, 9.17) is 9.47 Å². The Hall–Kier alpha value is -5.36. The second kappa shape index (κ2) is 12.0. The number of rotatable bonds is 8. The van der Waals surface area contributed by atoms with Crippen LogP contribution in [0, 0.1) is 13.8 Å². The summed E-state index contributed by atoms with van der Waals surface area (Å²) in [6.45, 7) is 3.97. The average Bonchev–Trinajstić information content (AvgIpc) is 2.97. The van der Waals surface area contributed by atoms with Crippen LogP contribution in [0.5, 0.6) is 23.0 Å². The maximum Gasteiger partial charge on any atom is 0.255 e. The minimum absolute atomic E-state index is 0.161. The lowest BCUT2D eigenvalue weighted by molar-refractivity contribution is 0.101. The van der Waals surface area contributed by atoms with Crippen molar-refractivity contribution in [3.05, 3.63) is 144 Å². The lowest BCUT2D eigenvalue weighted by Gasteiger charge is -2.10. The third-order valence-corrected chi connectivity index (χ3v) is 6.15. The Kier molecular flexibility index (Phi) is 7.88. The Morgan fingerprint density at radius 3 is 1.00 bits per heavy atom. The van der Waals surface area contributed by atoms with Gasteiger partial charge in [-0.15, -0.1) is 0 Å². The zero-order valence-electron chi connectivity index (χ0n) is 22.2. The van der Waals surface area contributed by atoms with Gasteiger partial charge in [0.2, 0.25) is 0 Å². The summed E-state index contributed by atoms with van der Waals surface area (Å²) in [5.74, 6) is 2.27. The number of carbonyl (C=O) groups excluding carboxylic acids is 2. The number of benzene rings is 5. The van der Waals surface area contributed by atoms with Gasteiger partial charge in [-0.05, 0) is 111 Å². The lowest BCUT2D eigenvalue weighted by Crippen LogP contribution is -2.11. The molecule has 0 atom stereocenters. The molecular formula is C34H28N2O4. The molecule has 0 aliphatic carbocycles. The molecule has 198 valence electrons. The predicted molar refractivity (Wildman–Crippen MR) is 158 cm³/mol. The van der Waals surface area contributed by atoms with Crippen LogP contribution in [0.25, 0.3) is 0 Å². The Labute approximate surface area is 233 Å². The molecule has 0 unspecified atom stereocenters. The van der Waals surface area contributed by atoms with Crippen molar-refractivity contribution in [1.29, 1.82) is 0 Å². The monoisotopic (exact) mass is 528 g/mol. The third-order valence-electron chi connectivity index (χ3n) is 6.15. The quantitative estimate of drug-likeness (QED) is 0.212. The lowest BCUT2D eigenvalue weighted by atomic mass is 10.1.